The van der Waals surface area contributed by atoms with E-state index in [4.69, 9.17) is 19.4 Å². The molecule has 6 N–H and O–H groups in total. The largest absolute Gasteiger partial charge is 0.399 e. The molecule has 0 unspecified atom stereocenters. The quantitative estimate of drug-likeness (QED) is 0.0274. The van der Waals surface area contributed by atoms with Crippen molar-refractivity contribution in [1.29, 1.82) is 0 Å². The zero-order valence-electron chi connectivity index (χ0n) is 85.3. The minimum atomic E-state index is -1.13. The van der Waals surface area contributed by atoms with Crippen LogP contribution >= 0.6 is 0 Å². The lowest BCUT2D eigenvalue weighted by atomic mass is 9.62. The molecule has 134 heavy (non-hydrogen) atoms. The summed E-state index contributed by atoms with van der Waals surface area (Å²) in [5, 5.41) is 77.3. The fraction of sp³-hybridized carbons (Fsp3) is 0.627. The number of alkyl halides is 2. The first-order valence-corrected chi connectivity index (χ1v) is 51.3. The van der Waals surface area contributed by atoms with Crippen molar-refractivity contribution in [1.82, 2.24) is 0 Å². The first-order valence-electron chi connectivity index (χ1n) is 51.3. The van der Waals surface area contributed by atoms with Crippen molar-refractivity contribution in [2.45, 2.75) is 351 Å². The van der Waals surface area contributed by atoms with Crippen LogP contribution in [-0.4, -0.2) is 131 Å². The van der Waals surface area contributed by atoms with Gasteiger partial charge in [-0.1, -0.05) is 286 Å². The SMILES string of the molecule is C=C1/C(=C\C=C2/CCC[C@]3(C)C([C@@H](C)C/C=C/C(=NOC)C(C)(C)C)=CC[C@@H]23)C[C@@H](O)C[C@@H]1F.C=C1/C(=C\C=C2/CCC[C@]3(C)C([C@@H](C)C/C=C/C(=NOC)C4CC4)=CC[C@@H]23)C[C@@H](O)C[C@@H]1O.C=C1/C(=C\C=C2/CCC[C@]3(C)C([C@H](C)C/C=C/C(=NOC)C(C)(C)C)=CC[C@@H]23)C[C@@H](O)C[C@@H]1F.C=C1/C(=C\C=C2/CCC[C@]3(C)C([C@H](C)C/C=C/C(=NOC)C4CC4)=CC[C@@H]23)C[C@@H](O)C[C@@H]1O. The topological polar surface area (TPSA) is 208 Å². The number of fused-ring (bicyclic) bond motifs is 4. The van der Waals surface area contributed by atoms with E-state index >= 15 is 0 Å². The van der Waals surface area contributed by atoms with Crippen LogP contribution in [0, 0.1) is 91.7 Å². The van der Waals surface area contributed by atoms with Gasteiger partial charge in [0.25, 0.3) is 0 Å². The average molecular weight is 1840 g/mol. The Labute approximate surface area is 806 Å². The van der Waals surface area contributed by atoms with E-state index in [1.165, 1.54) is 99.3 Å². The molecule has 10 fully saturated rings. The Hall–Kier alpha value is -7.70. The van der Waals surface area contributed by atoms with Gasteiger partial charge in [-0.05, 0) is 318 Å². The summed E-state index contributed by atoms with van der Waals surface area (Å²) in [5.74, 6) is 5.24. The molecular weight excluding hydrogens is 1670 g/mol. The minimum absolute atomic E-state index is 0.0567. The van der Waals surface area contributed by atoms with Gasteiger partial charge in [0, 0.05) is 48.3 Å². The summed E-state index contributed by atoms with van der Waals surface area (Å²) in [6, 6.07) is 0. The highest BCUT2D eigenvalue weighted by molar-refractivity contribution is 6.00. The van der Waals surface area contributed by atoms with Crippen molar-refractivity contribution in [3.05, 3.63) is 237 Å². The van der Waals surface area contributed by atoms with E-state index in [1.54, 1.807) is 50.7 Å². The van der Waals surface area contributed by atoms with Gasteiger partial charge in [0.1, 0.15) is 40.8 Å². The van der Waals surface area contributed by atoms with E-state index in [-0.39, 0.29) is 45.3 Å². The van der Waals surface area contributed by atoms with Crippen LogP contribution in [0.15, 0.2) is 258 Å². The van der Waals surface area contributed by atoms with Gasteiger partial charge in [-0.25, -0.2) is 8.78 Å². The van der Waals surface area contributed by atoms with Crippen LogP contribution in [0.2, 0.25) is 0 Å². The molecule has 0 aromatic heterocycles. The molecule has 0 saturated heterocycles. The van der Waals surface area contributed by atoms with Crippen LogP contribution in [0.1, 0.15) is 302 Å². The molecule has 20 atom stereocenters. The van der Waals surface area contributed by atoms with Crippen LogP contribution in [0.5, 0.6) is 0 Å². The molecule has 10 saturated carbocycles. The van der Waals surface area contributed by atoms with Crippen LogP contribution in [0.4, 0.5) is 8.78 Å². The Kier molecular flexibility index (Phi) is 37.7. The molecule has 0 aromatic rings. The van der Waals surface area contributed by atoms with Crippen molar-refractivity contribution >= 4 is 22.8 Å². The Morgan fingerprint density at radius 2 is 0.627 bits per heavy atom. The van der Waals surface area contributed by atoms with Crippen molar-refractivity contribution in [2.24, 2.45) is 112 Å². The number of hydrogen-bond donors (Lipinski definition) is 6. The zero-order chi connectivity index (χ0) is 97.4. The molecule has 14 nitrogen and oxygen atoms in total. The molecule has 0 radical (unpaired) electrons. The molecular formula is C118H170F2N4O10. The van der Waals surface area contributed by atoms with E-state index in [0.29, 0.717) is 109 Å². The lowest BCUT2D eigenvalue weighted by Crippen LogP contribution is -2.32. The Bertz CT molecular complexity index is 4540. The van der Waals surface area contributed by atoms with Crippen molar-refractivity contribution < 1.29 is 58.8 Å². The van der Waals surface area contributed by atoms with Gasteiger partial charge in [-0.3, -0.25) is 0 Å². The number of aliphatic hydroxyl groups excluding tert-OH is 6. The number of halogens is 2. The van der Waals surface area contributed by atoms with Crippen LogP contribution < -0.4 is 0 Å². The van der Waals surface area contributed by atoms with Gasteiger partial charge < -0.3 is 50.0 Å². The van der Waals surface area contributed by atoms with E-state index in [1.807, 2.05) is 12.2 Å². The maximum absolute atomic E-state index is 14.2. The highest BCUT2D eigenvalue weighted by Crippen LogP contribution is 2.62. The molecule has 0 aliphatic heterocycles. The van der Waals surface area contributed by atoms with Gasteiger partial charge in [0.2, 0.25) is 0 Å². The fourth-order valence-electron chi connectivity index (χ4n) is 24.8. The predicted octanol–water partition coefficient (Wildman–Crippen LogP) is 27.4. The van der Waals surface area contributed by atoms with Gasteiger partial charge >= 0.3 is 0 Å². The second-order valence-electron chi connectivity index (χ2n) is 45.0. The Balaban J connectivity index is 0.000000172. The third kappa shape index (κ3) is 26.6. The van der Waals surface area contributed by atoms with E-state index in [2.05, 4.69) is 253 Å². The van der Waals surface area contributed by atoms with E-state index in [9.17, 15) is 39.4 Å². The van der Waals surface area contributed by atoms with Crippen molar-refractivity contribution in [3.63, 3.8) is 0 Å². The van der Waals surface area contributed by atoms with E-state index in [0.717, 1.165) is 133 Å². The number of aliphatic hydroxyl groups is 6. The third-order valence-corrected chi connectivity index (χ3v) is 32.9. The molecule has 0 amide bonds. The smallest absolute Gasteiger partial charge is 0.127 e. The van der Waals surface area contributed by atoms with Crippen LogP contribution in [-0.2, 0) is 19.4 Å². The van der Waals surface area contributed by atoms with Crippen molar-refractivity contribution in [3.8, 4) is 0 Å². The number of rotatable bonds is 26. The molecule has 14 aliphatic carbocycles. The maximum Gasteiger partial charge on any atom is 0.127 e. The highest BCUT2D eigenvalue weighted by atomic mass is 19.1. The van der Waals surface area contributed by atoms with Crippen LogP contribution in [0.25, 0.3) is 0 Å². The first kappa shape index (κ1) is 107. The minimum Gasteiger partial charge on any atom is -0.399 e. The maximum atomic E-state index is 14.2. The van der Waals surface area contributed by atoms with Gasteiger partial charge in [0.05, 0.1) is 59.5 Å². The highest BCUT2D eigenvalue weighted by Gasteiger charge is 2.51. The van der Waals surface area contributed by atoms with Crippen LogP contribution in [0.3, 0.4) is 0 Å². The lowest BCUT2D eigenvalue weighted by molar-refractivity contribution is 0.0856. The Morgan fingerprint density at radius 1 is 0.381 bits per heavy atom. The molecule has 14 aliphatic rings. The van der Waals surface area contributed by atoms with E-state index < -0.39 is 49.0 Å². The standard InChI is InChI=1S/2C30H44FNO2.2C29H41NO3/c2*1-20(10-8-12-28(32-34-7)29(3,4)5)25-15-16-26-22(11-9-17-30(25,26)6)13-14-23-18-24(33)19-27(31)21(23)2;2*1-19(7-5-9-27(30-33-4)22-11-12-22)25-14-15-26-21(8-6-16-29(25,26)3)10-13-23-17-24(31)18-28(32)20(23)2/h2*8,12-15,20,24,26-27,33H,2,9-11,16-19H2,1,3-7H3;2*5,9-10,13-14,19,22,24,26,28,31-32H,2,6-8,11-12,15-18H2,1,3-4H3/b2*12-8+,22-13+,23-14-,32-28?;2*9-5+,21-10+,23-13-,30-27?/t20-,24+,26-,27-,30+;20-,24-,26+,27+,30-;19-,24+,26-,28-,29+;19-,24-,26+,28+,29-/m0101/s1. The molecule has 0 aromatic carbocycles. The number of hydrogen-bond acceptors (Lipinski definition) is 14. The number of allylic oxidation sites excluding steroid dienone is 30. The van der Waals surface area contributed by atoms with Gasteiger partial charge in [0.15, 0.2) is 0 Å². The lowest BCUT2D eigenvalue weighted by Gasteiger charge is -2.42. The normalized spacial score (nSPS) is 35.2. The summed E-state index contributed by atoms with van der Waals surface area (Å²) in [5.41, 5.74) is 23.4. The summed E-state index contributed by atoms with van der Waals surface area (Å²) in [6.45, 7) is 48.1. The molecule has 736 valence electrons. The molecule has 14 rings (SSSR count). The molecule has 0 bridgehead atoms. The zero-order valence-corrected chi connectivity index (χ0v) is 85.3. The molecule has 16 heteroatoms. The number of oxime groups is 4. The molecule has 0 heterocycles. The summed E-state index contributed by atoms with van der Waals surface area (Å²) in [4.78, 5) is 20.1. The predicted molar refractivity (Wildman–Crippen MR) is 550 cm³/mol. The van der Waals surface area contributed by atoms with Gasteiger partial charge in [-0.15, -0.1) is 0 Å². The van der Waals surface area contributed by atoms with Gasteiger partial charge in [-0.2, -0.15) is 0 Å². The monoisotopic (exact) mass is 1840 g/mol. The fourth-order valence-corrected chi connectivity index (χ4v) is 24.8. The third-order valence-electron chi connectivity index (χ3n) is 32.9. The van der Waals surface area contributed by atoms with Crippen molar-refractivity contribution in [2.75, 3.05) is 28.4 Å². The summed E-state index contributed by atoms with van der Waals surface area (Å²) in [6.07, 6.45) is 69.9. The summed E-state index contributed by atoms with van der Waals surface area (Å²) in [7, 11) is 6.45. The second-order valence-corrected chi connectivity index (χ2v) is 45.0. The first-order chi connectivity index (χ1) is 63.6. The summed E-state index contributed by atoms with van der Waals surface area (Å²) < 4.78 is 28.3. The summed E-state index contributed by atoms with van der Waals surface area (Å²) >= 11 is 0. The Morgan fingerprint density at radius 3 is 0.873 bits per heavy atom. The number of nitrogens with zero attached hydrogens (tertiary/aromatic N) is 4. The molecule has 0 spiro atoms. The second kappa shape index (κ2) is 47.3. The average Bonchev–Trinajstić information content (AvgIpc) is 1.67.